The first kappa shape index (κ1) is 8.94. The molecule has 1 aliphatic rings. The summed E-state index contributed by atoms with van der Waals surface area (Å²) in [6, 6.07) is 0. The number of halogens is 1. The second-order valence-electron chi connectivity index (χ2n) is 3.21. The molecule has 0 bridgehead atoms. The Morgan fingerprint density at radius 2 is 2.45 bits per heavy atom. The highest BCUT2D eigenvalue weighted by Gasteiger charge is 2.22. The molecule has 2 unspecified atom stereocenters. The molecule has 0 saturated carbocycles. The summed E-state index contributed by atoms with van der Waals surface area (Å²) in [7, 11) is 0. The standard InChI is InChI=1S/C8H16FNO/c1-2-8(11)6-10-4-3-7(9)5-10/h7-8,11H,2-6H2,1H3. The van der Waals surface area contributed by atoms with Crippen LogP contribution in [0.2, 0.25) is 0 Å². The topological polar surface area (TPSA) is 23.5 Å². The number of hydrogen-bond acceptors (Lipinski definition) is 2. The Bertz CT molecular complexity index is 121. The number of nitrogens with zero attached hydrogens (tertiary/aromatic N) is 1. The number of alkyl halides is 1. The maximum Gasteiger partial charge on any atom is 0.114 e. The number of likely N-dealkylation sites (tertiary alicyclic amines) is 1. The molecule has 0 aromatic rings. The summed E-state index contributed by atoms with van der Waals surface area (Å²) in [5, 5.41) is 9.24. The van der Waals surface area contributed by atoms with Gasteiger partial charge in [-0.3, -0.25) is 4.90 Å². The van der Waals surface area contributed by atoms with Gasteiger partial charge in [0, 0.05) is 19.6 Å². The van der Waals surface area contributed by atoms with Crippen molar-refractivity contribution in [3.05, 3.63) is 0 Å². The first-order valence-corrected chi connectivity index (χ1v) is 4.27. The van der Waals surface area contributed by atoms with Gasteiger partial charge in [0.05, 0.1) is 6.10 Å². The molecule has 1 fully saturated rings. The van der Waals surface area contributed by atoms with E-state index in [9.17, 15) is 9.50 Å². The average Bonchev–Trinajstić information content (AvgIpc) is 2.35. The first-order chi connectivity index (χ1) is 5.22. The Kier molecular flexibility index (Phi) is 3.27. The van der Waals surface area contributed by atoms with Crippen molar-refractivity contribution < 1.29 is 9.50 Å². The zero-order chi connectivity index (χ0) is 8.27. The average molecular weight is 161 g/mol. The van der Waals surface area contributed by atoms with Gasteiger partial charge in [-0.15, -0.1) is 0 Å². The van der Waals surface area contributed by atoms with Crippen LogP contribution in [0.5, 0.6) is 0 Å². The molecule has 0 aliphatic carbocycles. The minimum atomic E-state index is -0.668. The molecule has 0 radical (unpaired) electrons. The Morgan fingerprint density at radius 3 is 2.91 bits per heavy atom. The van der Waals surface area contributed by atoms with Crippen LogP contribution in [0.1, 0.15) is 19.8 Å². The molecule has 1 heterocycles. The molecule has 0 spiro atoms. The molecule has 11 heavy (non-hydrogen) atoms. The smallest absolute Gasteiger partial charge is 0.114 e. The van der Waals surface area contributed by atoms with Crippen LogP contribution in [0.25, 0.3) is 0 Å². The van der Waals surface area contributed by atoms with Crippen molar-refractivity contribution in [1.29, 1.82) is 0 Å². The number of aliphatic hydroxyl groups is 1. The number of aliphatic hydroxyl groups excluding tert-OH is 1. The van der Waals surface area contributed by atoms with Crippen LogP contribution in [0.15, 0.2) is 0 Å². The van der Waals surface area contributed by atoms with Gasteiger partial charge in [0.15, 0.2) is 0 Å². The molecular formula is C8H16FNO. The van der Waals surface area contributed by atoms with Gasteiger partial charge >= 0.3 is 0 Å². The minimum Gasteiger partial charge on any atom is -0.392 e. The van der Waals surface area contributed by atoms with Gasteiger partial charge in [-0.1, -0.05) is 6.92 Å². The van der Waals surface area contributed by atoms with E-state index in [1.807, 2.05) is 11.8 Å². The van der Waals surface area contributed by atoms with Gasteiger partial charge in [0.25, 0.3) is 0 Å². The molecule has 1 aliphatic heterocycles. The van der Waals surface area contributed by atoms with E-state index >= 15 is 0 Å². The van der Waals surface area contributed by atoms with Gasteiger partial charge in [0.1, 0.15) is 6.17 Å². The lowest BCUT2D eigenvalue weighted by Crippen LogP contribution is -2.30. The summed E-state index contributed by atoms with van der Waals surface area (Å²) in [6.45, 7) is 3.89. The zero-order valence-corrected chi connectivity index (χ0v) is 6.96. The molecule has 1 N–H and O–H groups in total. The fourth-order valence-corrected chi connectivity index (χ4v) is 1.38. The molecule has 2 nitrogen and oxygen atoms in total. The van der Waals surface area contributed by atoms with Crippen molar-refractivity contribution in [1.82, 2.24) is 4.90 Å². The van der Waals surface area contributed by atoms with E-state index in [0.29, 0.717) is 19.5 Å². The summed E-state index contributed by atoms with van der Waals surface area (Å²) < 4.78 is 12.6. The highest BCUT2D eigenvalue weighted by atomic mass is 19.1. The van der Waals surface area contributed by atoms with Gasteiger partial charge in [-0.2, -0.15) is 0 Å². The summed E-state index contributed by atoms with van der Waals surface area (Å²) in [5.74, 6) is 0. The van der Waals surface area contributed by atoms with Crippen molar-refractivity contribution in [3.8, 4) is 0 Å². The monoisotopic (exact) mass is 161 g/mol. The Hall–Kier alpha value is -0.150. The second kappa shape index (κ2) is 4.02. The molecular weight excluding hydrogens is 145 g/mol. The van der Waals surface area contributed by atoms with Crippen molar-refractivity contribution >= 4 is 0 Å². The third kappa shape index (κ3) is 2.75. The number of rotatable bonds is 3. The largest absolute Gasteiger partial charge is 0.392 e. The van der Waals surface area contributed by atoms with Crippen molar-refractivity contribution in [2.75, 3.05) is 19.6 Å². The maximum absolute atomic E-state index is 12.6. The van der Waals surface area contributed by atoms with Crippen LogP contribution >= 0.6 is 0 Å². The molecule has 0 aromatic heterocycles. The lowest BCUT2D eigenvalue weighted by Gasteiger charge is -2.17. The Morgan fingerprint density at radius 1 is 1.73 bits per heavy atom. The lowest BCUT2D eigenvalue weighted by molar-refractivity contribution is 0.118. The van der Waals surface area contributed by atoms with Gasteiger partial charge in [-0.05, 0) is 12.8 Å². The molecule has 0 amide bonds. The fraction of sp³-hybridized carbons (Fsp3) is 1.00. The van der Waals surface area contributed by atoms with Crippen LogP contribution in [-0.4, -0.2) is 41.9 Å². The highest BCUT2D eigenvalue weighted by Crippen LogP contribution is 2.12. The van der Waals surface area contributed by atoms with Crippen LogP contribution in [0.4, 0.5) is 4.39 Å². The van der Waals surface area contributed by atoms with E-state index < -0.39 is 6.17 Å². The molecule has 3 heteroatoms. The normalized spacial score (nSPS) is 29.2. The second-order valence-corrected chi connectivity index (χ2v) is 3.21. The van der Waals surface area contributed by atoms with Crippen LogP contribution in [-0.2, 0) is 0 Å². The van der Waals surface area contributed by atoms with E-state index in [4.69, 9.17) is 0 Å². The molecule has 2 atom stereocenters. The van der Waals surface area contributed by atoms with E-state index in [0.717, 1.165) is 13.0 Å². The predicted molar refractivity (Wildman–Crippen MR) is 42.3 cm³/mol. The number of β-amino-alcohol motifs (C(OH)–C–C–N with tert-alkyl or cyclic N) is 1. The Labute approximate surface area is 67.0 Å². The lowest BCUT2D eigenvalue weighted by atomic mass is 10.2. The first-order valence-electron chi connectivity index (χ1n) is 4.27. The minimum absolute atomic E-state index is 0.278. The van der Waals surface area contributed by atoms with Crippen molar-refractivity contribution in [3.63, 3.8) is 0 Å². The molecule has 0 aromatic carbocycles. The van der Waals surface area contributed by atoms with Gasteiger partial charge in [0.2, 0.25) is 0 Å². The summed E-state index contributed by atoms with van der Waals surface area (Å²) >= 11 is 0. The summed E-state index contributed by atoms with van der Waals surface area (Å²) in [4.78, 5) is 1.98. The van der Waals surface area contributed by atoms with Gasteiger partial charge < -0.3 is 5.11 Å². The van der Waals surface area contributed by atoms with E-state index in [1.54, 1.807) is 0 Å². The number of hydrogen-bond donors (Lipinski definition) is 1. The molecule has 66 valence electrons. The van der Waals surface area contributed by atoms with Crippen molar-refractivity contribution in [2.24, 2.45) is 0 Å². The van der Waals surface area contributed by atoms with Crippen LogP contribution in [0, 0.1) is 0 Å². The van der Waals surface area contributed by atoms with E-state index in [2.05, 4.69) is 0 Å². The quantitative estimate of drug-likeness (QED) is 0.662. The van der Waals surface area contributed by atoms with E-state index in [1.165, 1.54) is 0 Å². The maximum atomic E-state index is 12.6. The zero-order valence-electron chi connectivity index (χ0n) is 6.96. The highest BCUT2D eigenvalue weighted by molar-refractivity contribution is 4.76. The van der Waals surface area contributed by atoms with Crippen molar-refractivity contribution in [2.45, 2.75) is 32.0 Å². The molecule has 1 rings (SSSR count). The van der Waals surface area contributed by atoms with E-state index in [-0.39, 0.29) is 6.10 Å². The van der Waals surface area contributed by atoms with Crippen LogP contribution in [0.3, 0.4) is 0 Å². The Balaban J connectivity index is 2.17. The predicted octanol–water partition coefficient (Wildman–Crippen LogP) is 0.801. The third-order valence-electron chi connectivity index (χ3n) is 2.16. The van der Waals surface area contributed by atoms with Crippen LogP contribution < -0.4 is 0 Å². The SMILES string of the molecule is CCC(O)CN1CCC(F)C1. The van der Waals surface area contributed by atoms with Gasteiger partial charge in [-0.25, -0.2) is 4.39 Å². The third-order valence-corrected chi connectivity index (χ3v) is 2.16. The summed E-state index contributed by atoms with van der Waals surface area (Å²) in [5.41, 5.74) is 0. The fourth-order valence-electron chi connectivity index (χ4n) is 1.38. The summed E-state index contributed by atoms with van der Waals surface area (Å²) in [6.07, 6.45) is 0.448. The molecule has 1 saturated heterocycles.